The van der Waals surface area contributed by atoms with Crippen LogP contribution in [0.4, 0.5) is 4.79 Å². The van der Waals surface area contributed by atoms with E-state index in [0.29, 0.717) is 28.5 Å². The van der Waals surface area contributed by atoms with E-state index < -0.39 is 23.2 Å². The van der Waals surface area contributed by atoms with Crippen LogP contribution < -0.4 is 15.8 Å². The van der Waals surface area contributed by atoms with Crippen LogP contribution in [0, 0.1) is 0 Å². The van der Waals surface area contributed by atoms with Crippen LogP contribution in [0.2, 0.25) is 5.02 Å². The fourth-order valence-electron chi connectivity index (χ4n) is 2.57. The number of esters is 1. The lowest BCUT2D eigenvalue weighted by Crippen LogP contribution is -2.33. The highest BCUT2D eigenvalue weighted by atomic mass is 35.5. The van der Waals surface area contributed by atoms with Crippen LogP contribution in [0.1, 0.15) is 11.1 Å². The first-order chi connectivity index (χ1) is 13.9. The van der Waals surface area contributed by atoms with Crippen LogP contribution in [0.3, 0.4) is 0 Å². The van der Waals surface area contributed by atoms with Crippen molar-refractivity contribution in [1.82, 2.24) is 5.32 Å². The molecule has 9 heteroatoms. The lowest BCUT2D eigenvalue weighted by molar-refractivity contribution is -0.142. The topological polar surface area (TPSA) is 108 Å². The van der Waals surface area contributed by atoms with Crippen LogP contribution in [0.15, 0.2) is 47.4 Å². The van der Waals surface area contributed by atoms with E-state index in [0.717, 1.165) is 17.3 Å². The van der Waals surface area contributed by atoms with Gasteiger partial charge in [0.05, 0.1) is 17.0 Å². The third-order valence-electron chi connectivity index (χ3n) is 4.02. The van der Waals surface area contributed by atoms with Crippen LogP contribution in [-0.2, 0) is 20.7 Å². The van der Waals surface area contributed by atoms with Gasteiger partial charge in [-0.05, 0) is 65.7 Å². The third-order valence-corrected chi connectivity index (χ3v) is 5.16. The number of carbonyl (C=O) groups excluding carboxylic acids is 3. The zero-order chi connectivity index (χ0) is 21.0. The Hall–Kier alpha value is -2.81. The van der Waals surface area contributed by atoms with E-state index in [4.69, 9.17) is 22.1 Å². The van der Waals surface area contributed by atoms with Crippen molar-refractivity contribution < 1.29 is 23.9 Å². The largest absolute Gasteiger partial charge is 0.468 e. The van der Waals surface area contributed by atoms with Gasteiger partial charge in [0, 0.05) is 0 Å². The Labute approximate surface area is 176 Å². The summed E-state index contributed by atoms with van der Waals surface area (Å²) in [5.74, 6) is 0.186. The van der Waals surface area contributed by atoms with E-state index in [1.54, 1.807) is 36.4 Å². The summed E-state index contributed by atoms with van der Waals surface area (Å²) in [5, 5.41) is 2.16. The molecule has 3 N–H and O–H groups in total. The molecule has 150 valence electrons. The van der Waals surface area contributed by atoms with E-state index in [2.05, 4.69) is 10.1 Å². The minimum Gasteiger partial charge on any atom is -0.468 e. The highest BCUT2D eigenvalue weighted by Crippen LogP contribution is 2.31. The maximum atomic E-state index is 11.6. The van der Waals surface area contributed by atoms with E-state index >= 15 is 0 Å². The van der Waals surface area contributed by atoms with Crippen molar-refractivity contribution in [3.63, 3.8) is 0 Å². The number of nitrogens with one attached hydrogen (secondary N) is 1. The van der Waals surface area contributed by atoms with E-state index in [9.17, 15) is 14.4 Å². The smallest absolute Gasteiger partial charge is 0.322 e. The maximum absolute atomic E-state index is 11.6. The number of amides is 2. The van der Waals surface area contributed by atoms with Crippen molar-refractivity contribution in [3.05, 3.63) is 63.5 Å². The van der Waals surface area contributed by atoms with Gasteiger partial charge in [0.2, 0.25) is 0 Å². The molecule has 0 aliphatic carbocycles. The summed E-state index contributed by atoms with van der Waals surface area (Å²) in [6.07, 6.45) is 1.91. The second-order valence-electron chi connectivity index (χ2n) is 6.12. The summed E-state index contributed by atoms with van der Waals surface area (Å²) >= 11 is 7.10. The standard InChI is InChI=1S/C20H17ClN2O5S/c1-27-19(25)16(22)8-11-2-5-13(6-3-11)28-14-7-4-12(15(21)10-14)9-17-18(24)23-20(26)29-17/h2-7,9-10,16H,8,22H2,1H3,(H,23,24,26)/t16-/m0/s1. The molecule has 29 heavy (non-hydrogen) atoms. The zero-order valence-electron chi connectivity index (χ0n) is 15.3. The average molecular weight is 433 g/mol. The lowest BCUT2D eigenvalue weighted by Gasteiger charge is -2.11. The van der Waals surface area contributed by atoms with Gasteiger partial charge in [-0.2, -0.15) is 0 Å². The van der Waals surface area contributed by atoms with Crippen molar-refractivity contribution in [1.29, 1.82) is 0 Å². The van der Waals surface area contributed by atoms with Crippen LogP contribution in [0.5, 0.6) is 11.5 Å². The van der Waals surface area contributed by atoms with Crippen LogP contribution >= 0.6 is 23.4 Å². The Morgan fingerprint density at radius 1 is 1.21 bits per heavy atom. The molecule has 0 bridgehead atoms. The summed E-state index contributed by atoms with van der Waals surface area (Å²) in [6.45, 7) is 0. The molecule has 2 aromatic carbocycles. The predicted octanol–water partition coefficient (Wildman–Crippen LogP) is 3.50. The minimum atomic E-state index is -0.720. The molecule has 3 rings (SSSR count). The Bertz CT molecular complexity index is 991. The quantitative estimate of drug-likeness (QED) is 0.531. The molecule has 2 amide bonds. The molecule has 1 aliphatic heterocycles. The molecule has 1 aliphatic rings. The molecule has 1 heterocycles. The van der Waals surface area contributed by atoms with E-state index in [1.807, 2.05) is 12.1 Å². The molecule has 1 atom stereocenters. The van der Waals surface area contributed by atoms with Crippen molar-refractivity contribution in [2.45, 2.75) is 12.5 Å². The Balaban J connectivity index is 1.67. The summed E-state index contributed by atoms with van der Waals surface area (Å²) in [5.41, 5.74) is 7.22. The summed E-state index contributed by atoms with van der Waals surface area (Å²) in [4.78, 5) is 34.6. The number of imide groups is 1. The molecule has 1 fully saturated rings. The number of thioether (sulfide) groups is 1. The van der Waals surface area contributed by atoms with Gasteiger partial charge in [0.1, 0.15) is 17.5 Å². The van der Waals surface area contributed by atoms with Crippen molar-refractivity contribution in [2.24, 2.45) is 5.73 Å². The first-order valence-electron chi connectivity index (χ1n) is 8.50. The number of rotatable bonds is 6. The first kappa shape index (κ1) is 20.9. The molecule has 0 spiro atoms. The van der Waals surface area contributed by atoms with Crippen molar-refractivity contribution in [3.8, 4) is 11.5 Å². The summed E-state index contributed by atoms with van der Waals surface area (Å²) in [7, 11) is 1.30. The van der Waals surface area contributed by atoms with Gasteiger partial charge in [0.15, 0.2) is 0 Å². The van der Waals surface area contributed by atoms with Gasteiger partial charge in [-0.15, -0.1) is 0 Å². The van der Waals surface area contributed by atoms with Gasteiger partial charge >= 0.3 is 5.97 Å². The number of hydrogen-bond donors (Lipinski definition) is 2. The SMILES string of the molecule is COC(=O)[C@@H](N)Cc1ccc(Oc2ccc(C=C3SC(=O)NC3=O)c(Cl)c2)cc1. The van der Waals surface area contributed by atoms with E-state index in [1.165, 1.54) is 7.11 Å². The highest BCUT2D eigenvalue weighted by molar-refractivity contribution is 8.18. The lowest BCUT2D eigenvalue weighted by atomic mass is 10.1. The van der Waals surface area contributed by atoms with Gasteiger partial charge in [-0.3, -0.25) is 19.7 Å². The Kier molecular flexibility index (Phi) is 6.58. The fourth-order valence-corrected chi connectivity index (χ4v) is 3.47. The molecular formula is C20H17ClN2O5S. The van der Waals surface area contributed by atoms with Crippen molar-refractivity contribution >= 4 is 46.6 Å². The number of benzene rings is 2. The minimum absolute atomic E-state index is 0.284. The first-order valence-corrected chi connectivity index (χ1v) is 9.70. The fraction of sp³-hybridized carbons (Fsp3) is 0.150. The Morgan fingerprint density at radius 2 is 1.90 bits per heavy atom. The zero-order valence-corrected chi connectivity index (χ0v) is 16.9. The number of nitrogens with two attached hydrogens (primary N) is 1. The number of ether oxygens (including phenoxy) is 2. The number of halogens is 1. The number of hydrogen-bond acceptors (Lipinski definition) is 7. The van der Waals surface area contributed by atoms with Crippen LogP contribution in [-0.4, -0.2) is 30.3 Å². The van der Waals surface area contributed by atoms with Gasteiger partial charge in [0.25, 0.3) is 11.1 Å². The number of methoxy groups -OCH3 is 1. The maximum Gasteiger partial charge on any atom is 0.322 e. The second kappa shape index (κ2) is 9.13. The second-order valence-corrected chi connectivity index (χ2v) is 7.54. The monoisotopic (exact) mass is 432 g/mol. The normalized spacial score (nSPS) is 15.9. The van der Waals surface area contributed by atoms with Gasteiger partial charge in [-0.1, -0.05) is 23.7 Å². The van der Waals surface area contributed by atoms with E-state index in [-0.39, 0.29) is 4.91 Å². The number of carbonyl (C=O) groups is 3. The average Bonchev–Trinajstić information content (AvgIpc) is 3.01. The van der Waals surface area contributed by atoms with Crippen LogP contribution in [0.25, 0.3) is 6.08 Å². The Morgan fingerprint density at radius 3 is 2.48 bits per heavy atom. The predicted molar refractivity (Wildman–Crippen MR) is 111 cm³/mol. The molecule has 0 saturated carbocycles. The summed E-state index contributed by atoms with van der Waals surface area (Å²) < 4.78 is 10.4. The third kappa shape index (κ3) is 5.38. The van der Waals surface area contributed by atoms with Gasteiger partial charge < -0.3 is 15.2 Å². The van der Waals surface area contributed by atoms with Gasteiger partial charge in [-0.25, -0.2) is 0 Å². The molecule has 0 unspecified atom stereocenters. The van der Waals surface area contributed by atoms with Crippen molar-refractivity contribution in [2.75, 3.05) is 7.11 Å². The molecule has 7 nitrogen and oxygen atoms in total. The molecule has 0 aromatic heterocycles. The molecular weight excluding hydrogens is 416 g/mol. The molecule has 1 saturated heterocycles. The summed E-state index contributed by atoms with van der Waals surface area (Å²) in [6, 6.07) is 11.4. The highest BCUT2D eigenvalue weighted by Gasteiger charge is 2.25. The molecule has 2 aromatic rings. The molecule has 0 radical (unpaired) electrons.